The first-order valence-corrected chi connectivity index (χ1v) is 11.8. The van der Waals surface area contributed by atoms with E-state index in [1.165, 1.54) is 10.8 Å². The van der Waals surface area contributed by atoms with Gasteiger partial charge >= 0.3 is 12.1 Å². The molecule has 156 valence electrons. The van der Waals surface area contributed by atoms with Gasteiger partial charge in [-0.25, -0.2) is 4.79 Å². The molecule has 2 N–H and O–H groups in total. The number of nitrogens with one attached hydrogen (secondary N) is 1. The first-order valence-electron chi connectivity index (χ1n) is 9.32. The third-order valence-corrected chi connectivity index (χ3v) is 6.75. The molecule has 1 saturated heterocycles. The van der Waals surface area contributed by atoms with Crippen LogP contribution in [0.3, 0.4) is 0 Å². The number of ether oxygens (including phenoxy) is 1. The van der Waals surface area contributed by atoms with Gasteiger partial charge in [-0.15, -0.1) is 0 Å². The summed E-state index contributed by atoms with van der Waals surface area (Å²) in [5, 5.41) is 11.6. The van der Waals surface area contributed by atoms with Crippen molar-refractivity contribution in [1.29, 1.82) is 0 Å². The summed E-state index contributed by atoms with van der Waals surface area (Å²) >= 11 is 0. The Labute approximate surface area is 169 Å². The van der Waals surface area contributed by atoms with Crippen LogP contribution in [0.25, 0.3) is 0 Å². The molecule has 0 aromatic rings. The molecule has 2 amide bonds. The van der Waals surface area contributed by atoms with Gasteiger partial charge in [0.15, 0.2) is 0 Å². The molecule has 0 aliphatic carbocycles. The second-order valence-electron chi connectivity index (χ2n) is 7.68. The number of nitrogens with zero attached hydrogens (tertiary/aromatic N) is 1. The van der Waals surface area contributed by atoms with Crippen LogP contribution in [0.4, 0.5) is 4.79 Å². The van der Waals surface area contributed by atoms with Crippen molar-refractivity contribution in [2.45, 2.75) is 59.0 Å². The molecule has 1 unspecified atom stereocenters. The molecule has 1 atom stereocenters. The van der Waals surface area contributed by atoms with Crippen LogP contribution in [0.5, 0.6) is 0 Å². The average molecular weight is 421 g/mol. The van der Waals surface area contributed by atoms with Crippen LogP contribution in [0.15, 0.2) is 0 Å². The van der Waals surface area contributed by atoms with Crippen LogP contribution < -0.4 is 5.32 Å². The van der Waals surface area contributed by atoms with E-state index in [1.54, 1.807) is 15.7 Å². The molecule has 9 heteroatoms. The summed E-state index contributed by atoms with van der Waals surface area (Å²) in [5.41, 5.74) is -1.13. The molecule has 1 aliphatic heterocycles. The number of piperidine rings is 1. The summed E-state index contributed by atoms with van der Waals surface area (Å²) in [6, 6.07) is 0. The summed E-state index contributed by atoms with van der Waals surface area (Å²) in [5.74, 6) is 0.450. The Balaban J connectivity index is 2.47. The second kappa shape index (κ2) is 11.0. The lowest BCUT2D eigenvalue weighted by molar-refractivity contribution is -0.136. The van der Waals surface area contributed by atoms with E-state index in [0.717, 1.165) is 12.8 Å². The van der Waals surface area contributed by atoms with Crippen molar-refractivity contribution in [3.8, 4) is 0 Å². The van der Waals surface area contributed by atoms with Crippen molar-refractivity contribution in [3.05, 3.63) is 0 Å². The van der Waals surface area contributed by atoms with Gasteiger partial charge in [0, 0.05) is 31.1 Å². The van der Waals surface area contributed by atoms with E-state index in [-0.39, 0.29) is 18.4 Å². The van der Waals surface area contributed by atoms with Crippen LogP contribution >= 0.6 is 21.6 Å². The molecule has 1 rings (SSSR count). The number of aliphatic carboxylic acids is 1. The number of carbonyl (C=O) groups excluding carboxylic acids is 2. The highest BCUT2D eigenvalue weighted by atomic mass is 33.1. The number of carboxylic acids is 1. The van der Waals surface area contributed by atoms with Gasteiger partial charge in [0.1, 0.15) is 5.60 Å². The van der Waals surface area contributed by atoms with E-state index in [0.29, 0.717) is 37.6 Å². The molecule has 0 saturated carbocycles. The number of amides is 2. The van der Waals surface area contributed by atoms with Crippen LogP contribution in [0.2, 0.25) is 0 Å². The van der Waals surface area contributed by atoms with Crippen LogP contribution in [0, 0.1) is 5.41 Å². The lowest BCUT2D eigenvalue weighted by Crippen LogP contribution is -2.54. The SMILES string of the molecule is CCC1(C(=O)NCCSSCCC(=O)O)CCCN(C(=O)OC(C)(C)C)C1. The average Bonchev–Trinajstić information content (AvgIpc) is 2.59. The molecule has 0 bridgehead atoms. The minimum Gasteiger partial charge on any atom is -0.481 e. The lowest BCUT2D eigenvalue weighted by atomic mass is 9.77. The van der Waals surface area contributed by atoms with Gasteiger partial charge in [0.25, 0.3) is 0 Å². The van der Waals surface area contributed by atoms with E-state index in [2.05, 4.69) is 5.32 Å². The predicted molar refractivity (Wildman–Crippen MR) is 110 cm³/mol. The first-order chi connectivity index (χ1) is 12.6. The van der Waals surface area contributed by atoms with Gasteiger partial charge in [-0.1, -0.05) is 28.5 Å². The molecule has 1 aliphatic rings. The molecule has 1 fully saturated rings. The summed E-state index contributed by atoms with van der Waals surface area (Å²) < 4.78 is 5.46. The molecular weight excluding hydrogens is 388 g/mol. The zero-order valence-corrected chi connectivity index (χ0v) is 18.3. The number of carbonyl (C=O) groups is 3. The fourth-order valence-electron chi connectivity index (χ4n) is 2.89. The first kappa shape index (κ1) is 23.9. The normalized spacial score (nSPS) is 20.2. The standard InChI is InChI=1S/C18H32N2O5S2/c1-5-18(15(23)19-9-12-27-26-11-7-14(21)22)8-6-10-20(13-18)16(24)25-17(2,3)4/h5-13H2,1-4H3,(H,19,23)(H,21,22). The Hall–Kier alpha value is -1.09. The summed E-state index contributed by atoms with van der Waals surface area (Å²) in [6.07, 6.45) is 1.98. The van der Waals surface area contributed by atoms with Crippen molar-refractivity contribution in [2.24, 2.45) is 5.41 Å². The third kappa shape index (κ3) is 8.64. The van der Waals surface area contributed by atoms with E-state index in [4.69, 9.17) is 9.84 Å². The second-order valence-corrected chi connectivity index (χ2v) is 10.4. The fraction of sp³-hybridized carbons (Fsp3) is 0.833. The van der Waals surface area contributed by atoms with E-state index in [9.17, 15) is 14.4 Å². The monoisotopic (exact) mass is 420 g/mol. The summed E-state index contributed by atoms with van der Waals surface area (Å²) in [7, 11) is 3.05. The lowest BCUT2D eigenvalue weighted by Gasteiger charge is -2.41. The molecule has 1 heterocycles. The molecule has 0 aromatic carbocycles. The highest BCUT2D eigenvalue weighted by molar-refractivity contribution is 8.76. The molecule has 0 aromatic heterocycles. The number of hydrogen-bond acceptors (Lipinski definition) is 6. The van der Waals surface area contributed by atoms with Gasteiger partial charge in [-0.3, -0.25) is 9.59 Å². The number of hydrogen-bond donors (Lipinski definition) is 2. The van der Waals surface area contributed by atoms with Gasteiger partial charge in [0.05, 0.1) is 11.8 Å². The Kier molecular flexibility index (Phi) is 9.80. The van der Waals surface area contributed by atoms with Crippen molar-refractivity contribution in [2.75, 3.05) is 31.1 Å². The van der Waals surface area contributed by atoms with Crippen LogP contribution in [-0.4, -0.2) is 64.7 Å². The van der Waals surface area contributed by atoms with Crippen molar-refractivity contribution in [3.63, 3.8) is 0 Å². The number of likely N-dealkylation sites (tertiary alicyclic amines) is 1. The Bertz CT molecular complexity index is 524. The summed E-state index contributed by atoms with van der Waals surface area (Å²) in [4.78, 5) is 37.3. The van der Waals surface area contributed by atoms with Crippen LogP contribution in [-0.2, 0) is 14.3 Å². The Morgan fingerprint density at radius 1 is 1.22 bits per heavy atom. The van der Waals surface area contributed by atoms with E-state index >= 15 is 0 Å². The maximum Gasteiger partial charge on any atom is 0.410 e. The minimum absolute atomic E-state index is 0.0191. The van der Waals surface area contributed by atoms with E-state index in [1.807, 2.05) is 27.7 Å². The maximum atomic E-state index is 12.8. The fourth-order valence-corrected chi connectivity index (χ4v) is 4.78. The molecule has 27 heavy (non-hydrogen) atoms. The number of rotatable bonds is 9. The highest BCUT2D eigenvalue weighted by Gasteiger charge is 2.42. The third-order valence-electron chi connectivity index (χ3n) is 4.34. The minimum atomic E-state index is -0.798. The van der Waals surface area contributed by atoms with E-state index < -0.39 is 17.0 Å². The van der Waals surface area contributed by atoms with Gasteiger partial charge in [0.2, 0.25) is 5.91 Å². The quantitative estimate of drug-likeness (QED) is 0.436. The van der Waals surface area contributed by atoms with Gasteiger partial charge in [-0.05, 0) is 40.0 Å². The molecular formula is C18H32N2O5S2. The Morgan fingerprint density at radius 3 is 2.48 bits per heavy atom. The van der Waals surface area contributed by atoms with Gasteiger partial charge in [-0.2, -0.15) is 0 Å². The van der Waals surface area contributed by atoms with Crippen molar-refractivity contribution < 1.29 is 24.2 Å². The topological polar surface area (TPSA) is 95.9 Å². The predicted octanol–water partition coefficient (Wildman–Crippen LogP) is 3.39. The smallest absolute Gasteiger partial charge is 0.410 e. The molecule has 7 nitrogen and oxygen atoms in total. The number of carboxylic acid groups (broad SMARTS) is 1. The van der Waals surface area contributed by atoms with Crippen LogP contribution in [0.1, 0.15) is 53.4 Å². The molecule has 0 radical (unpaired) electrons. The highest BCUT2D eigenvalue weighted by Crippen LogP contribution is 2.34. The van der Waals surface area contributed by atoms with Gasteiger partial charge < -0.3 is 20.1 Å². The zero-order valence-electron chi connectivity index (χ0n) is 16.7. The molecule has 0 spiro atoms. The Morgan fingerprint density at radius 2 is 1.89 bits per heavy atom. The summed E-state index contributed by atoms with van der Waals surface area (Å²) in [6.45, 7) is 9.00. The largest absolute Gasteiger partial charge is 0.481 e. The van der Waals surface area contributed by atoms with Crippen molar-refractivity contribution >= 4 is 39.6 Å². The zero-order chi connectivity index (χ0) is 20.5. The van der Waals surface area contributed by atoms with Crippen molar-refractivity contribution in [1.82, 2.24) is 10.2 Å². The maximum absolute atomic E-state index is 12.8.